The van der Waals surface area contributed by atoms with Crippen LogP contribution in [0.5, 0.6) is 5.75 Å². The van der Waals surface area contributed by atoms with Gasteiger partial charge >= 0.3 is 0 Å². The topological polar surface area (TPSA) is 44.8 Å². The second-order valence-electron chi connectivity index (χ2n) is 8.58. The Balaban J connectivity index is 1.26. The highest BCUT2D eigenvalue weighted by Crippen LogP contribution is 2.29. The number of hydrogen-bond donors (Lipinski definition) is 1. The highest BCUT2D eigenvalue weighted by atomic mass is 16.5. The second kappa shape index (κ2) is 9.63. The van der Waals surface area contributed by atoms with Crippen LogP contribution in [-0.4, -0.2) is 55.5 Å². The summed E-state index contributed by atoms with van der Waals surface area (Å²) in [6, 6.07) is 15.0. The Hall–Kier alpha value is -2.37. The lowest BCUT2D eigenvalue weighted by Gasteiger charge is -2.35. The van der Waals surface area contributed by atoms with Crippen LogP contribution in [0.25, 0.3) is 0 Å². The molecule has 1 amide bonds. The van der Waals surface area contributed by atoms with Crippen molar-refractivity contribution in [2.75, 3.05) is 39.8 Å². The summed E-state index contributed by atoms with van der Waals surface area (Å²) in [5.41, 5.74) is 5.17. The molecule has 0 unspecified atom stereocenters. The number of fused-ring (bicyclic) bond motifs is 1. The van der Waals surface area contributed by atoms with Gasteiger partial charge in [0.15, 0.2) is 0 Å². The van der Waals surface area contributed by atoms with E-state index < -0.39 is 0 Å². The minimum atomic E-state index is 0.144. The fourth-order valence-electron chi connectivity index (χ4n) is 4.72. The van der Waals surface area contributed by atoms with Crippen LogP contribution in [0, 0.1) is 6.92 Å². The molecule has 1 saturated heterocycles. The van der Waals surface area contributed by atoms with E-state index in [0.717, 1.165) is 57.7 Å². The first-order valence-electron chi connectivity index (χ1n) is 11.1. The number of nitrogens with one attached hydrogen (secondary N) is 1. The van der Waals surface area contributed by atoms with Gasteiger partial charge in [0.2, 0.25) is 5.91 Å². The normalized spacial score (nSPS) is 19.9. The molecule has 0 spiro atoms. The van der Waals surface area contributed by atoms with E-state index in [1.165, 1.54) is 22.3 Å². The molecule has 5 heteroatoms. The average molecular weight is 408 g/mol. The lowest BCUT2D eigenvalue weighted by atomic mass is 9.88. The van der Waals surface area contributed by atoms with Crippen LogP contribution in [0.3, 0.4) is 0 Å². The monoisotopic (exact) mass is 407 g/mol. The largest absolute Gasteiger partial charge is 0.496 e. The molecular formula is C25H33N3O2. The summed E-state index contributed by atoms with van der Waals surface area (Å²) in [6.07, 6.45) is 3.30. The van der Waals surface area contributed by atoms with Gasteiger partial charge in [0.1, 0.15) is 5.75 Å². The molecule has 2 aromatic rings. The van der Waals surface area contributed by atoms with Crippen LogP contribution in [0.2, 0.25) is 0 Å². The molecule has 160 valence electrons. The maximum absolute atomic E-state index is 12.7. The van der Waals surface area contributed by atoms with Crippen molar-refractivity contribution in [3.8, 4) is 5.75 Å². The third-order valence-electron chi connectivity index (χ3n) is 6.37. The fourth-order valence-corrected chi connectivity index (χ4v) is 4.72. The molecule has 0 bridgehead atoms. The minimum Gasteiger partial charge on any atom is -0.496 e. The van der Waals surface area contributed by atoms with Crippen LogP contribution >= 0.6 is 0 Å². The Kier molecular flexibility index (Phi) is 6.70. The van der Waals surface area contributed by atoms with Gasteiger partial charge in [-0.25, -0.2) is 0 Å². The molecule has 2 aromatic carbocycles. The van der Waals surface area contributed by atoms with Gasteiger partial charge < -0.3 is 10.1 Å². The lowest BCUT2D eigenvalue weighted by molar-refractivity contribution is -0.123. The molecule has 2 aliphatic rings. The Morgan fingerprint density at radius 3 is 2.67 bits per heavy atom. The highest BCUT2D eigenvalue weighted by Gasteiger charge is 2.24. The molecule has 1 aliphatic heterocycles. The van der Waals surface area contributed by atoms with Crippen molar-refractivity contribution in [2.24, 2.45) is 0 Å². The third kappa shape index (κ3) is 5.02. The number of amides is 1. The van der Waals surface area contributed by atoms with Crippen molar-refractivity contribution < 1.29 is 9.53 Å². The number of benzene rings is 2. The standard InChI is InChI=1S/C25H33N3O2/c1-19-10-11-24(30-2)21(16-19)17-27-12-14-28(15-13-27)18-25(29)26-23-9-5-7-20-6-3-4-8-22(20)23/h3-4,6,8,10-11,16,23H,5,7,9,12-15,17-18H2,1-2H3,(H,26,29)/t23-/m0/s1. The number of piperazine rings is 1. The van der Waals surface area contributed by atoms with Crippen molar-refractivity contribution in [3.05, 3.63) is 64.7 Å². The number of methoxy groups -OCH3 is 1. The summed E-state index contributed by atoms with van der Waals surface area (Å²) >= 11 is 0. The maximum atomic E-state index is 12.7. The molecular weight excluding hydrogens is 374 g/mol. The zero-order valence-electron chi connectivity index (χ0n) is 18.2. The quantitative estimate of drug-likeness (QED) is 0.798. The number of carbonyl (C=O) groups is 1. The molecule has 0 saturated carbocycles. The number of ether oxygens (including phenoxy) is 1. The first-order valence-corrected chi connectivity index (χ1v) is 11.1. The molecule has 1 fully saturated rings. The predicted molar refractivity (Wildman–Crippen MR) is 120 cm³/mol. The van der Waals surface area contributed by atoms with E-state index in [9.17, 15) is 4.79 Å². The van der Waals surface area contributed by atoms with Gasteiger partial charge in [-0.2, -0.15) is 0 Å². The lowest BCUT2D eigenvalue weighted by Crippen LogP contribution is -2.49. The maximum Gasteiger partial charge on any atom is 0.234 e. The number of rotatable bonds is 6. The van der Waals surface area contributed by atoms with E-state index in [4.69, 9.17) is 4.74 Å². The van der Waals surface area contributed by atoms with E-state index in [1.807, 2.05) is 0 Å². The molecule has 1 N–H and O–H groups in total. The fraction of sp³-hybridized carbons (Fsp3) is 0.480. The van der Waals surface area contributed by atoms with Gasteiger partial charge in [-0.1, -0.05) is 42.0 Å². The summed E-state index contributed by atoms with van der Waals surface area (Å²) in [6.45, 7) is 7.27. The Labute approximate surface area is 180 Å². The van der Waals surface area contributed by atoms with Gasteiger partial charge in [0.25, 0.3) is 0 Å². The third-order valence-corrected chi connectivity index (χ3v) is 6.37. The SMILES string of the molecule is COc1ccc(C)cc1CN1CCN(CC(=O)N[C@H]2CCCc3ccccc32)CC1. The van der Waals surface area contributed by atoms with Crippen LogP contribution in [0.4, 0.5) is 0 Å². The molecule has 4 rings (SSSR count). The van der Waals surface area contributed by atoms with Crippen LogP contribution in [0.15, 0.2) is 42.5 Å². The average Bonchev–Trinajstić information content (AvgIpc) is 2.75. The highest BCUT2D eigenvalue weighted by molar-refractivity contribution is 5.78. The van der Waals surface area contributed by atoms with E-state index in [1.54, 1.807) is 7.11 Å². The van der Waals surface area contributed by atoms with E-state index in [0.29, 0.717) is 6.54 Å². The summed E-state index contributed by atoms with van der Waals surface area (Å²) in [5.74, 6) is 1.10. The smallest absolute Gasteiger partial charge is 0.234 e. The Morgan fingerprint density at radius 1 is 1.10 bits per heavy atom. The van der Waals surface area contributed by atoms with Gasteiger partial charge in [-0.05, 0) is 43.4 Å². The van der Waals surface area contributed by atoms with Crippen LogP contribution in [-0.2, 0) is 17.8 Å². The van der Waals surface area contributed by atoms with Crippen molar-refractivity contribution in [2.45, 2.75) is 38.8 Å². The summed E-state index contributed by atoms with van der Waals surface area (Å²) in [7, 11) is 1.73. The zero-order chi connectivity index (χ0) is 20.9. The number of aryl methyl sites for hydroxylation is 2. The Morgan fingerprint density at radius 2 is 1.87 bits per heavy atom. The summed E-state index contributed by atoms with van der Waals surface area (Å²) in [5, 5.41) is 3.28. The molecule has 1 heterocycles. The van der Waals surface area contributed by atoms with Gasteiger partial charge in [0.05, 0.1) is 19.7 Å². The second-order valence-corrected chi connectivity index (χ2v) is 8.58. The molecule has 0 radical (unpaired) electrons. The van der Waals surface area contributed by atoms with E-state index >= 15 is 0 Å². The van der Waals surface area contributed by atoms with Crippen LogP contribution < -0.4 is 10.1 Å². The van der Waals surface area contributed by atoms with Crippen molar-refractivity contribution >= 4 is 5.91 Å². The Bertz CT molecular complexity index is 874. The molecule has 1 atom stereocenters. The summed E-state index contributed by atoms with van der Waals surface area (Å²) in [4.78, 5) is 17.4. The first-order chi connectivity index (χ1) is 14.6. The molecule has 5 nitrogen and oxygen atoms in total. The number of hydrogen-bond acceptors (Lipinski definition) is 4. The summed E-state index contributed by atoms with van der Waals surface area (Å²) < 4.78 is 5.52. The van der Waals surface area contributed by atoms with Gasteiger partial charge in [-0.15, -0.1) is 0 Å². The minimum absolute atomic E-state index is 0.144. The number of carbonyl (C=O) groups excluding carboxylic acids is 1. The molecule has 0 aromatic heterocycles. The zero-order valence-corrected chi connectivity index (χ0v) is 18.2. The molecule has 1 aliphatic carbocycles. The van der Waals surface area contributed by atoms with Crippen molar-refractivity contribution in [1.82, 2.24) is 15.1 Å². The molecule has 30 heavy (non-hydrogen) atoms. The first kappa shape index (κ1) is 20.9. The van der Waals surface area contributed by atoms with Crippen molar-refractivity contribution in [1.29, 1.82) is 0 Å². The van der Waals surface area contributed by atoms with Crippen LogP contribution in [0.1, 0.15) is 41.1 Å². The predicted octanol–water partition coefficient (Wildman–Crippen LogP) is 3.32. The van der Waals surface area contributed by atoms with E-state index in [2.05, 4.69) is 64.5 Å². The van der Waals surface area contributed by atoms with Gasteiger partial charge in [0, 0.05) is 38.3 Å². The van der Waals surface area contributed by atoms with E-state index in [-0.39, 0.29) is 11.9 Å². The number of nitrogens with zero attached hydrogens (tertiary/aromatic N) is 2. The van der Waals surface area contributed by atoms with Gasteiger partial charge in [-0.3, -0.25) is 14.6 Å². The van der Waals surface area contributed by atoms with Crippen molar-refractivity contribution in [3.63, 3.8) is 0 Å².